The van der Waals surface area contributed by atoms with Gasteiger partial charge >= 0.3 is 0 Å². The van der Waals surface area contributed by atoms with E-state index >= 15 is 0 Å². The summed E-state index contributed by atoms with van der Waals surface area (Å²) in [7, 11) is 0. The van der Waals surface area contributed by atoms with Gasteiger partial charge in [0, 0.05) is 5.92 Å². The van der Waals surface area contributed by atoms with Crippen LogP contribution >= 0.6 is 0 Å². The number of carbonyl (C=O) groups excluding carboxylic acids is 1. The van der Waals surface area contributed by atoms with Crippen molar-refractivity contribution in [3.05, 3.63) is 0 Å². The Morgan fingerprint density at radius 2 is 2.00 bits per heavy atom. The van der Waals surface area contributed by atoms with E-state index in [0.29, 0.717) is 0 Å². The average molecular weight is 157 g/mol. The fourth-order valence-corrected chi connectivity index (χ4v) is 1.02. The van der Waals surface area contributed by atoms with Crippen molar-refractivity contribution in [2.75, 3.05) is 0 Å². The van der Waals surface area contributed by atoms with Gasteiger partial charge in [0.2, 0.25) is 5.91 Å². The molecule has 1 amide bonds. The van der Waals surface area contributed by atoms with E-state index in [1.54, 1.807) is 0 Å². The number of unbranched alkanes of at least 4 members (excludes halogenated alkanes) is 3. The first-order valence-electron chi connectivity index (χ1n) is 4.47. The smallest absolute Gasteiger partial charge is 0.220 e. The second kappa shape index (κ2) is 6.20. The maximum Gasteiger partial charge on any atom is 0.220 e. The first kappa shape index (κ1) is 10.5. The average Bonchev–Trinajstić information content (AvgIpc) is 1.97. The fourth-order valence-electron chi connectivity index (χ4n) is 1.02. The molecule has 0 fully saturated rings. The predicted molar refractivity (Wildman–Crippen MR) is 47.1 cm³/mol. The van der Waals surface area contributed by atoms with Gasteiger partial charge in [-0.3, -0.25) is 4.79 Å². The highest BCUT2D eigenvalue weighted by Gasteiger charge is 2.06. The molecule has 0 bridgehead atoms. The molecule has 0 radical (unpaired) electrons. The van der Waals surface area contributed by atoms with E-state index in [1.807, 2.05) is 6.92 Å². The number of rotatable bonds is 6. The van der Waals surface area contributed by atoms with Crippen LogP contribution in [0, 0.1) is 5.92 Å². The van der Waals surface area contributed by atoms with E-state index in [2.05, 4.69) is 6.92 Å². The third-order valence-corrected chi connectivity index (χ3v) is 1.98. The van der Waals surface area contributed by atoms with Crippen molar-refractivity contribution >= 4 is 5.91 Å². The van der Waals surface area contributed by atoms with E-state index in [0.717, 1.165) is 12.8 Å². The lowest BCUT2D eigenvalue weighted by atomic mass is 10.0. The molecule has 0 heterocycles. The first-order valence-corrected chi connectivity index (χ1v) is 4.47. The highest BCUT2D eigenvalue weighted by Crippen LogP contribution is 2.09. The SMILES string of the molecule is CCCCCC[C@H](C)C(N)=O. The van der Waals surface area contributed by atoms with Crippen LogP contribution in [0.4, 0.5) is 0 Å². The highest BCUT2D eigenvalue weighted by molar-refractivity contribution is 5.76. The van der Waals surface area contributed by atoms with Crippen molar-refractivity contribution in [1.82, 2.24) is 0 Å². The van der Waals surface area contributed by atoms with Crippen molar-refractivity contribution in [2.24, 2.45) is 11.7 Å². The molecule has 2 N–H and O–H groups in total. The molecule has 0 aromatic carbocycles. The molecule has 0 aliphatic rings. The van der Waals surface area contributed by atoms with Gasteiger partial charge in [-0.15, -0.1) is 0 Å². The zero-order valence-corrected chi connectivity index (χ0v) is 7.60. The lowest BCUT2D eigenvalue weighted by molar-refractivity contribution is -0.121. The summed E-state index contributed by atoms with van der Waals surface area (Å²) in [6, 6.07) is 0. The summed E-state index contributed by atoms with van der Waals surface area (Å²) < 4.78 is 0. The second-order valence-corrected chi connectivity index (χ2v) is 3.15. The van der Waals surface area contributed by atoms with E-state index in [1.165, 1.54) is 19.3 Å². The molecule has 0 aliphatic carbocycles. The summed E-state index contributed by atoms with van der Waals surface area (Å²) in [4.78, 5) is 10.6. The van der Waals surface area contributed by atoms with Gasteiger partial charge in [0.25, 0.3) is 0 Å². The Kier molecular flexibility index (Phi) is 5.90. The highest BCUT2D eigenvalue weighted by atomic mass is 16.1. The van der Waals surface area contributed by atoms with Gasteiger partial charge in [0.1, 0.15) is 0 Å². The number of amides is 1. The van der Waals surface area contributed by atoms with Gasteiger partial charge in [0.15, 0.2) is 0 Å². The summed E-state index contributed by atoms with van der Waals surface area (Å²) in [5, 5.41) is 0. The van der Waals surface area contributed by atoms with E-state index in [-0.39, 0.29) is 11.8 Å². The second-order valence-electron chi connectivity index (χ2n) is 3.15. The van der Waals surface area contributed by atoms with Crippen LogP contribution in [0.5, 0.6) is 0 Å². The number of hydrogen-bond donors (Lipinski definition) is 1. The third-order valence-electron chi connectivity index (χ3n) is 1.98. The van der Waals surface area contributed by atoms with Crippen molar-refractivity contribution in [3.63, 3.8) is 0 Å². The third kappa shape index (κ3) is 5.89. The number of hydrogen-bond acceptors (Lipinski definition) is 1. The van der Waals surface area contributed by atoms with Crippen LogP contribution in [0.15, 0.2) is 0 Å². The molecular weight excluding hydrogens is 138 g/mol. The Bertz CT molecular complexity index is 112. The van der Waals surface area contributed by atoms with E-state index in [9.17, 15) is 4.79 Å². The standard InChI is InChI=1S/C9H19NO/c1-3-4-5-6-7-8(2)9(10)11/h8H,3-7H2,1-2H3,(H2,10,11)/t8-/m0/s1. The van der Waals surface area contributed by atoms with Crippen LogP contribution < -0.4 is 5.73 Å². The minimum atomic E-state index is -0.165. The van der Waals surface area contributed by atoms with Gasteiger partial charge in [0.05, 0.1) is 0 Å². The maximum absolute atomic E-state index is 10.6. The molecule has 11 heavy (non-hydrogen) atoms. The number of primary amides is 1. The lowest BCUT2D eigenvalue weighted by Crippen LogP contribution is -2.20. The van der Waals surface area contributed by atoms with Gasteiger partial charge in [-0.1, -0.05) is 39.5 Å². The summed E-state index contributed by atoms with van der Waals surface area (Å²) in [5.74, 6) is -0.103. The minimum absolute atomic E-state index is 0.0619. The Balaban J connectivity index is 3.17. The monoisotopic (exact) mass is 157 g/mol. The molecule has 66 valence electrons. The topological polar surface area (TPSA) is 43.1 Å². The number of carbonyl (C=O) groups is 1. The Labute approximate surface area is 69.2 Å². The molecule has 0 spiro atoms. The van der Waals surface area contributed by atoms with Gasteiger partial charge in [-0.2, -0.15) is 0 Å². The van der Waals surface area contributed by atoms with Crippen LogP contribution in [0.1, 0.15) is 46.0 Å². The van der Waals surface area contributed by atoms with Crippen molar-refractivity contribution < 1.29 is 4.79 Å². The number of nitrogens with two attached hydrogens (primary N) is 1. The molecule has 0 saturated heterocycles. The summed E-state index contributed by atoms with van der Waals surface area (Å²) in [6.07, 6.45) is 5.83. The fraction of sp³-hybridized carbons (Fsp3) is 0.889. The Morgan fingerprint density at radius 1 is 1.36 bits per heavy atom. The molecule has 0 aromatic rings. The normalized spacial score (nSPS) is 12.9. The zero-order chi connectivity index (χ0) is 8.69. The van der Waals surface area contributed by atoms with E-state index in [4.69, 9.17) is 5.73 Å². The quantitative estimate of drug-likeness (QED) is 0.589. The van der Waals surface area contributed by atoms with Crippen molar-refractivity contribution in [3.8, 4) is 0 Å². The minimum Gasteiger partial charge on any atom is -0.369 e. The summed E-state index contributed by atoms with van der Waals surface area (Å²) in [6.45, 7) is 4.08. The Morgan fingerprint density at radius 3 is 2.45 bits per heavy atom. The van der Waals surface area contributed by atoms with Crippen molar-refractivity contribution in [2.45, 2.75) is 46.0 Å². The van der Waals surface area contributed by atoms with Crippen LogP contribution in [0.2, 0.25) is 0 Å². The zero-order valence-electron chi connectivity index (χ0n) is 7.60. The molecular formula is C9H19NO. The molecule has 0 saturated carbocycles. The molecule has 0 unspecified atom stereocenters. The van der Waals surface area contributed by atoms with Gasteiger partial charge in [-0.25, -0.2) is 0 Å². The largest absolute Gasteiger partial charge is 0.369 e. The molecule has 2 heteroatoms. The Hall–Kier alpha value is -0.530. The maximum atomic E-state index is 10.6. The predicted octanol–water partition coefficient (Wildman–Crippen LogP) is 2.08. The van der Waals surface area contributed by atoms with Crippen LogP contribution in [0.25, 0.3) is 0 Å². The summed E-state index contributed by atoms with van der Waals surface area (Å²) >= 11 is 0. The van der Waals surface area contributed by atoms with Crippen LogP contribution in [-0.2, 0) is 4.79 Å². The molecule has 0 rings (SSSR count). The van der Waals surface area contributed by atoms with E-state index < -0.39 is 0 Å². The molecule has 0 aliphatic heterocycles. The first-order chi connectivity index (χ1) is 5.18. The molecule has 0 aromatic heterocycles. The van der Waals surface area contributed by atoms with Gasteiger partial charge < -0.3 is 5.73 Å². The van der Waals surface area contributed by atoms with Crippen molar-refractivity contribution in [1.29, 1.82) is 0 Å². The van der Waals surface area contributed by atoms with Crippen LogP contribution in [0.3, 0.4) is 0 Å². The summed E-state index contributed by atoms with van der Waals surface area (Å²) in [5.41, 5.74) is 5.11. The van der Waals surface area contributed by atoms with Crippen LogP contribution in [-0.4, -0.2) is 5.91 Å². The molecule has 1 atom stereocenters. The molecule has 2 nitrogen and oxygen atoms in total. The van der Waals surface area contributed by atoms with Gasteiger partial charge in [-0.05, 0) is 6.42 Å². The lowest BCUT2D eigenvalue weighted by Gasteiger charge is -2.05.